The van der Waals surface area contributed by atoms with Gasteiger partial charge >= 0.3 is 11.9 Å². The first-order valence-corrected chi connectivity index (χ1v) is 22.6. The van der Waals surface area contributed by atoms with Gasteiger partial charge in [0.25, 0.3) is 0 Å². The third-order valence-electron chi connectivity index (χ3n) is 11.7. The molecule has 364 valence electrons. The molecule has 5 N–H and O–H groups in total. The molecule has 0 saturated heterocycles. The van der Waals surface area contributed by atoms with Crippen molar-refractivity contribution in [3.05, 3.63) is 153 Å². The van der Waals surface area contributed by atoms with Crippen molar-refractivity contribution in [2.24, 2.45) is 10.8 Å². The van der Waals surface area contributed by atoms with E-state index >= 15 is 0 Å². The molecule has 2 aliphatic heterocycles. The van der Waals surface area contributed by atoms with Gasteiger partial charge < -0.3 is 44.5 Å². The second kappa shape index (κ2) is 24.8. The number of Topliss-reactive ketones (excluding diaryl/α,β-unsaturated/α-hetero) is 2. The highest BCUT2D eigenvalue weighted by molar-refractivity contribution is 6.01. The summed E-state index contributed by atoms with van der Waals surface area (Å²) in [4.78, 5) is 49.4. The Balaban J connectivity index is 0.00000587. The average molecular weight is 927 g/mol. The van der Waals surface area contributed by atoms with Crippen molar-refractivity contribution in [1.82, 2.24) is 0 Å². The van der Waals surface area contributed by atoms with Gasteiger partial charge in [-0.15, -0.1) is 0 Å². The van der Waals surface area contributed by atoms with Crippen LogP contribution in [0.15, 0.2) is 153 Å². The van der Waals surface area contributed by atoms with Crippen LogP contribution in [-0.4, -0.2) is 98.9 Å². The first-order valence-electron chi connectivity index (χ1n) is 22.6. The van der Waals surface area contributed by atoms with Gasteiger partial charge in [0.2, 0.25) is 11.5 Å². The number of esters is 2. The summed E-state index contributed by atoms with van der Waals surface area (Å²) in [6.07, 6.45) is 22.8. The van der Waals surface area contributed by atoms with Crippen LogP contribution in [0, 0.1) is 10.8 Å². The number of carbonyl (C=O) groups is 4. The molecule has 0 amide bonds. The molecule has 67 heavy (non-hydrogen) atoms. The second-order valence-corrected chi connectivity index (χ2v) is 18.2. The maximum atomic E-state index is 13.2. The predicted molar refractivity (Wildman–Crippen MR) is 259 cm³/mol. The molecule has 2 aliphatic carbocycles. The first-order chi connectivity index (χ1) is 31.4. The predicted octanol–water partition coefficient (Wildman–Crippen LogP) is 9.32. The Bertz CT molecular complexity index is 2290. The lowest BCUT2D eigenvalue weighted by Gasteiger charge is -2.37. The van der Waals surface area contributed by atoms with Crippen LogP contribution >= 0.6 is 0 Å². The number of allylic oxidation sites excluding steroid dienone is 20. The molecule has 0 aromatic heterocycles. The minimum Gasteiger partial charge on any atom is -0.505 e. The molecule has 2 heterocycles. The zero-order valence-electron chi connectivity index (χ0n) is 41.0. The number of aliphatic hydroxyl groups excluding tert-OH is 5. The summed E-state index contributed by atoms with van der Waals surface area (Å²) in [7, 11) is 0. The van der Waals surface area contributed by atoms with E-state index in [9.17, 15) is 44.7 Å². The number of aliphatic hydroxyl groups is 5. The topological polar surface area (TPSA) is 206 Å². The lowest BCUT2D eigenvalue weighted by Crippen LogP contribution is -2.41. The molecule has 0 aromatic rings. The Morgan fingerprint density at radius 3 is 1.43 bits per heavy atom. The lowest BCUT2D eigenvalue weighted by atomic mass is 9.71. The number of hydrogen-bond donors (Lipinski definition) is 5. The summed E-state index contributed by atoms with van der Waals surface area (Å²) < 4.78 is 21.2. The van der Waals surface area contributed by atoms with Crippen molar-refractivity contribution >= 4 is 23.5 Å². The van der Waals surface area contributed by atoms with E-state index < -0.39 is 71.3 Å². The zero-order chi connectivity index (χ0) is 50.4. The summed E-state index contributed by atoms with van der Waals surface area (Å²) in [6, 6.07) is 0. The Morgan fingerprint density at radius 2 is 1.04 bits per heavy atom. The van der Waals surface area contributed by atoms with Crippen molar-refractivity contribution in [1.29, 1.82) is 0 Å². The van der Waals surface area contributed by atoms with Gasteiger partial charge in [0.05, 0.1) is 13.2 Å². The second-order valence-electron chi connectivity index (χ2n) is 18.2. The fourth-order valence-electron chi connectivity index (χ4n) is 7.81. The Kier molecular flexibility index (Phi) is 20.5. The number of carbonyl (C=O) groups excluding carboxylic acids is 4. The van der Waals surface area contributed by atoms with Gasteiger partial charge in [-0.2, -0.15) is 0 Å². The molecule has 6 unspecified atom stereocenters. The molecular weight excluding hydrogens is 857 g/mol. The van der Waals surface area contributed by atoms with Crippen LogP contribution in [0.25, 0.3) is 0 Å². The molecule has 13 nitrogen and oxygen atoms in total. The highest BCUT2D eigenvalue weighted by Gasteiger charge is 2.43. The molecular formula is C54H70O13. The molecule has 4 aliphatic rings. The number of rotatable bonds is 18. The van der Waals surface area contributed by atoms with Gasteiger partial charge in [-0.05, 0) is 87.5 Å². The fourth-order valence-corrected chi connectivity index (χ4v) is 7.81. The van der Waals surface area contributed by atoms with Crippen LogP contribution in [0.2, 0.25) is 0 Å². The number of cyclic esters (lactones) is 2. The molecule has 0 spiro atoms. The summed E-state index contributed by atoms with van der Waals surface area (Å²) in [6.45, 7) is 23.0. The van der Waals surface area contributed by atoms with E-state index in [0.717, 1.165) is 39.5 Å². The molecule has 0 saturated carbocycles. The summed E-state index contributed by atoms with van der Waals surface area (Å²) in [5.74, 6) is -4.70. The average Bonchev–Trinajstić information content (AvgIpc) is 3.75. The summed E-state index contributed by atoms with van der Waals surface area (Å²) in [5.41, 5.74) is 6.18. The molecule has 4 rings (SSSR count). The van der Waals surface area contributed by atoms with Gasteiger partial charge in [0.15, 0.2) is 29.5 Å². The normalized spacial score (nSPS) is 25.3. The number of ether oxygens (including phenoxy) is 4. The van der Waals surface area contributed by atoms with Crippen molar-refractivity contribution in [2.45, 2.75) is 133 Å². The molecule has 0 bridgehead atoms. The van der Waals surface area contributed by atoms with Crippen LogP contribution in [0.1, 0.15) is 95.9 Å². The lowest BCUT2D eigenvalue weighted by molar-refractivity contribution is -0.151. The van der Waals surface area contributed by atoms with E-state index in [1.165, 1.54) is 0 Å². The fraction of sp³-hybridized carbons (Fsp3) is 0.444. The van der Waals surface area contributed by atoms with Crippen LogP contribution in [0.5, 0.6) is 0 Å². The van der Waals surface area contributed by atoms with Gasteiger partial charge in [0, 0.05) is 6.08 Å². The van der Waals surface area contributed by atoms with Gasteiger partial charge in [-0.1, -0.05) is 149 Å². The standard InChI is InChI=1S/C52H64O13.C2H6/c1-30(17-13-19-32(3)21-23-36-34(5)44(56)42(26-51(36,7)8)62-28-39(54)41-25-38(53)49(60)64-41)15-11-12-16-31(2)18-14-20-33(4)22-24-37-35(6)45(57)43(27-52(37,9)10)63-29-40(55)48-46(58)47(59)50(61)65-48;1-2/h11-25,39-43,48,53-55,58-59H,26-29H2,1-10H3;1-2H3/b12-11+,17-13+,18-14+,23-21+,24-22+,30-15+,31-16+,32-19+,33-20+;. The van der Waals surface area contributed by atoms with Crippen molar-refractivity contribution in [2.75, 3.05) is 13.2 Å². The van der Waals surface area contributed by atoms with Crippen LogP contribution < -0.4 is 0 Å². The minimum atomic E-state index is -1.47. The SMILES string of the molecule is CC.CC1=C(/C=C/C(C)=C/C=C/C(C)=C/C=C/C=C(C)/C=C/C=C(C)/C=C/C2=C(C)C(=O)C(OCC(O)C3OC(=O)C(O)=C3O)CC2(C)C)C(C)(C)CC(OCC(O)C2C=C(O)C(=O)O2)C1=O. The van der Waals surface area contributed by atoms with E-state index in [2.05, 4.69) is 0 Å². The molecule has 0 aromatic carbocycles. The van der Waals surface area contributed by atoms with Crippen molar-refractivity contribution in [3.8, 4) is 0 Å². The molecule has 13 heteroatoms. The van der Waals surface area contributed by atoms with Crippen molar-refractivity contribution < 1.29 is 63.7 Å². The van der Waals surface area contributed by atoms with Gasteiger partial charge in [-0.25, -0.2) is 9.59 Å². The first kappa shape index (κ1) is 55.5. The number of ketones is 2. The Labute approximate surface area is 395 Å². The maximum absolute atomic E-state index is 13.2. The van der Waals surface area contributed by atoms with E-state index in [1.807, 2.05) is 154 Å². The van der Waals surface area contributed by atoms with Crippen LogP contribution in [0.4, 0.5) is 0 Å². The van der Waals surface area contributed by atoms with Gasteiger partial charge in [-0.3, -0.25) is 9.59 Å². The van der Waals surface area contributed by atoms with E-state index in [-0.39, 0.29) is 30.2 Å². The third kappa shape index (κ3) is 15.3. The third-order valence-corrected chi connectivity index (χ3v) is 11.7. The van der Waals surface area contributed by atoms with Crippen molar-refractivity contribution in [3.63, 3.8) is 0 Å². The van der Waals surface area contributed by atoms with Crippen LogP contribution in [0.3, 0.4) is 0 Å². The molecule has 0 fully saturated rings. The Hall–Kier alpha value is -5.86. The van der Waals surface area contributed by atoms with Gasteiger partial charge in [0.1, 0.15) is 24.4 Å². The largest absolute Gasteiger partial charge is 0.505 e. The summed E-state index contributed by atoms with van der Waals surface area (Å²) in [5, 5.41) is 49.6. The highest BCUT2D eigenvalue weighted by Crippen LogP contribution is 2.42. The monoisotopic (exact) mass is 926 g/mol. The summed E-state index contributed by atoms with van der Waals surface area (Å²) >= 11 is 0. The smallest absolute Gasteiger partial charge is 0.377 e. The maximum Gasteiger partial charge on any atom is 0.377 e. The number of hydrogen-bond acceptors (Lipinski definition) is 13. The minimum absolute atomic E-state index is 0.164. The van der Waals surface area contributed by atoms with E-state index in [0.29, 0.717) is 24.0 Å². The quantitative estimate of drug-likeness (QED) is 0.0643. The molecule has 6 atom stereocenters. The van der Waals surface area contributed by atoms with Crippen LogP contribution in [-0.2, 0) is 38.1 Å². The molecule has 0 radical (unpaired) electrons. The van der Waals surface area contributed by atoms with E-state index in [4.69, 9.17) is 18.9 Å². The zero-order valence-corrected chi connectivity index (χ0v) is 41.0. The highest BCUT2D eigenvalue weighted by atomic mass is 16.6. The van der Waals surface area contributed by atoms with E-state index in [1.54, 1.807) is 13.8 Å². The Morgan fingerprint density at radius 1 is 0.642 bits per heavy atom.